The summed E-state index contributed by atoms with van der Waals surface area (Å²) in [4.78, 5) is 15.4. The minimum atomic E-state index is -0.247. The molecule has 2 aromatic rings. The first-order valence-electron chi connectivity index (χ1n) is 10.2. The molecular weight excluding hydrogens is 389 g/mol. The molecule has 1 amide bonds. The fraction of sp³-hybridized carbons (Fsp3) is 0.409. The van der Waals surface area contributed by atoms with Crippen LogP contribution in [0, 0.1) is 5.82 Å². The van der Waals surface area contributed by atoms with E-state index in [1.165, 1.54) is 15.9 Å². The van der Waals surface area contributed by atoms with Gasteiger partial charge < -0.3 is 29.3 Å². The lowest BCUT2D eigenvalue weighted by Gasteiger charge is -2.32. The third kappa shape index (κ3) is 4.49. The number of piperazine rings is 1. The van der Waals surface area contributed by atoms with E-state index in [4.69, 9.17) is 14.2 Å². The number of hydrogen-bond acceptors (Lipinski definition) is 4. The molecule has 160 valence electrons. The number of quaternary nitrogens is 2. The van der Waals surface area contributed by atoms with Gasteiger partial charge in [0.25, 0.3) is 5.91 Å². The monoisotopic (exact) mass is 417 g/mol. The molecule has 2 aromatic carbocycles. The standard InChI is InChI=1S/C22H26FN3O4/c1-15(22(27)24-18-4-6-20-21(12-18)30-14-29-20)26-9-7-25(8-10-26)13-16-11-17(23)3-5-19(16)28-2/h3-6,11-12,15H,7-10,13-14H2,1-2H3,(H,24,27)/p+2/t15-/m0/s1. The Hall–Kier alpha value is -2.84. The van der Waals surface area contributed by atoms with Crippen molar-refractivity contribution in [3.63, 3.8) is 0 Å². The highest BCUT2D eigenvalue weighted by Crippen LogP contribution is 2.34. The molecule has 0 unspecified atom stereocenters. The minimum Gasteiger partial charge on any atom is -0.496 e. The van der Waals surface area contributed by atoms with Gasteiger partial charge in [0.2, 0.25) is 6.79 Å². The Morgan fingerprint density at radius 1 is 1.13 bits per heavy atom. The molecule has 7 nitrogen and oxygen atoms in total. The van der Waals surface area contributed by atoms with Gasteiger partial charge in [-0.15, -0.1) is 0 Å². The third-order valence-electron chi connectivity index (χ3n) is 5.93. The Morgan fingerprint density at radius 3 is 2.67 bits per heavy atom. The number of carbonyl (C=O) groups is 1. The normalized spacial score (nSPS) is 21.2. The zero-order valence-corrected chi connectivity index (χ0v) is 17.3. The van der Waals surface area contributed by atoms with E-state index in [0.29, 0.717) is 23.7 Å². The summed E-state index contributed by atoms with van der Waals surface area (Å²) < 4.78 is 29.7. The van der Waals surface area contributed by atoms with Crippen LogP contribution in [-0.4, -0.2) is 52.0 Å². The van der Waals surface area contributed by atoms with Crippen LogP contribution in [0.25, 0.3) is 0 Å². The highest BCUT2D eigenvalue weighted by atomic mass is 19.1. The van der Waals surface area contributed by atoms with Gasteiger partial charge in [0, 0.05) is 11.8 Å². The van der Waals surface area contributed by atoms with Gasteiger partial charge in [-0.3, -0.25) is 4.79 Å². The second-order valence-electron chi connectivity index (χ2n) is 7.82. The fourth-order valence-corrected chi connectivity index (χ4v) is 4.10. The number of fused-ring (bicyclic) bond motifs is 1. The number of nitrogens with one attached hydrogen (secondary N) is 3. The minimum absolute atomic E-state index is 0.0147. The number of anilines is 1. The van der Waals surface area contributed by atoms with Crippen LogP contribution in [-0.2, 0) is 11.3 Å². The Kier molecular flexibility index (Phi) is 6.06. The van der Waals surface area contributed by atoms with Crippen molar-refractivity contribution in [2.45, 2.75) is 19.5 Å². The van der Waals surface area contributed by atoms with Crippen molar-refractivity contribution in [1.82, 2.24) is 0 Å². The summed E-state index contributed by atoms with van der Waals surface area (Å²) in [6, 6.07) is 9.89. The van der Waals surface area contributed by atoms with E-state index in [9.17, 15) is 9.18 Å². The molecule has 2 aliphatic heterocycles. The van der Waals surface area contributed by atoms with Crippen molar-refractivity contribution < 1.29 is 33.2 Å². The zero-order valence-electron chi connectivity index (χ0n) is 17.3. The molecule has 1 saturated heterocycles. The molecule has 3 N–H and O–H groups in total. The third-order valence-corrected chi connectivity index (χ3v) is 5.93. The van der Waals surface area contributed by atoms with Crippen LogP contribution in [0.2, 0.25) is 0 Å². The lowest BCUT2D eigenvalue weighted by atomic mass is 10.1. The summed E-state index contributed by atoms with van der Waals surface area (Å²) in [6.45, 7) is 6.46. The molecule has 30 heavy (non-hydrogen) atoms. The van der Waals surface area contributed by atoms with E-state index >= 15 is 0 Å². The number of carbonyl (C=O) groups excluding carboxylic acids is 1. The van der Waals surface area contributed by atoms with Gasteiger partial charge in [-0.05, 0) is 37.3 Å². The molecule has 0 radical (unpaired) electrons. The van der Waals surface area contributed by atoms with Crippen LogP contribution >= 0.6 is 0 Å². The number of methoxy groups -OCH3 is 1. The average molecular weight is 417 g/mol. The average Bonchev–Trinajstić information content (AvgIpc) is 3.22. The molecule has 8 heteroatoms. The first kappa shape index (κ1) is 20.4. The Balaban J connectivity index is 1.30. The Bertz CT molecular complexity index is 915. The van der Waals surface area contributed by atoms with E-state index in [2.05, 4.69) is 5.32 Å². The van der Waals surface area contributed by atoms with Crippen molar-refractivity contribution >= 4 is 11.6 Å². The van der Waals surface area contributed by atoms with Crippen molar-refractivity contribution in [3.05, 3.63) is 47.8 Å². The molecular formula is C22H28FN3O4+2. The van der Waals surface area contributed by atoms with Crippen LogP contribution in [0.15, 0.2) is 36.4 Å². The molecule has 0 bridgehead atoms. The number of rotatable bonds is 6. The van der Waals surface area contributed by atoms with Gasteiger partial charge in [0.05, 0.1) is 12.7 Å². The Labute approximate surface area is 175 Å². The molecule has 1 atom stereocenters. The van der Waals surface area contributed by atoms with Crippen molar-refractivity contribution in [2.75, 3.05) is 45.4 Å². The van der Waals surface area contributed by atoms with Gasteiger partial charge >= 0.3 is 0 Å². The van der Waals surface area contributed by atoms with E-state index in [1.807, 2.05) is 13.0 Å². The largest absolute Gasteiger partial charge is 0.496 e. The lowest BCUT2D eigenvalue weighted by Crippen LogP contribution is -3.29. The number of amides is 1. The lowest BCUT2D eigenvalue weighted by molar-refractivity contribution is -1.02. The van der Waals surface area contributed by atoms with Crippen LogP contribution in [0.5, 0.6) is 17.2 Å². The quantitative estimate of drug-likeness (QED) is 0.613. The molecule has 4 rings (SSSR count). The fourth-order valence-electron chi connectivity index (χ4n) is 4.10. The maximum atomic E-state index is 13.6. The topological polar surface area (TPSA) is 65.7 Å². The van der Waals surface area contributed by atoms with E-state index in [-0.39, 0.29) is 24.6 Å². The first-order chi connectivity index (χ1) is 14.5. The Morgan fingerprint density at radius 2 is 1.90 bits per heavy atom. The maximum Gasteiger partial charge on any atom is 0.282 e. The number of hydrogen-bond donors (Lipinski definition) is 3. The van der Waals surface area contributed by atoms with Crippen LogP contribution in [0.3, 0.4) is 0 Å². The molecule has 0 saturated carbocycles. The molecule has 2 aliphatic rings. The smallest absolute Gasteiger partial charge is 0.282 e. The highest BCUT2D eigenvalue weighted by Gasteiger charge is 2.31. The van der Waals surface area contributed by atoms with Gasteiger partial charge in [0.15, 0.2) is 17.5 Å². The van der Waals surface area contributed by atoms with Crippen molar-refractivity contribution in [3.8, 4) is 17.2 Å². The summed E-state index contributed by atoms with van der Waals surface area (Å²) in [5.41, 5.74) is 1.59. The van der Waals surface area contributed by atoms with Crippen LogP contribution in [0.4, 0.5) is 10.1 Å². The highest BCUT2D eigenvalue weighted by molar-refractivity contribution is 5.94. The van der Waals surface area contributed by atoms with Crippen molar-refractivity contribution in [2.24, 2.45) is 0 Å². The van der Waals surface area contributed by atoms with Crippen molar-refractivity contribution in [1.29, 1.82) is 0 Å². The molecule has 1 fully saturated rings. The molecule has 0 spiro atoms. The summed E-state index contributed by atoms with van der Waals surface area (Å²) in [5.74, 6) is 1.80. The summed E-state index contributed by atoms with van der Waals surface area (Å²) in [6.07, 6.45) is 0. The summed E-state index contributed by atoms with van der Waals surface area (Å²) >= 11 is 0. The second-order valence-corrected chi connectivity index (χ2v) is 7.82. The van der Waals surface area contributed by atoms with Gasteiger partial charge in [-0.25, -0.2) is 4.39 Å². The van der Waals surface area contributed by atoms with Crippen LogP contribution < -0.4 is 29.3 Å². The second kappa shape index (κ2) is 8.89. The predicted molar refractivity (Wildman–Crippen MR) is 109 cm³/mol. The van der Waals surface area contributed by atoms with Gasteiger partial charge in [-0.1, -0.05) is 0 Å². The first-order valence-corrected chi connectivity index (χ1v) is 10.2. The molecule has 2 heterocycles. The van der Waals surface area contributed by atoms with E-state index in [1.54, 1.807) is 31.4 Å². The number of benzene rings is 2. The SMILES string of the molecule is COc1ccc(F)cc1C[NH+]1CC[NH+]([C@@H](C)C(=O)Nc2ccc3c(c2)OCO3)CC1. The zero-order chi connectivity index (χ0) is 21.1. The van der Waals surface area contributed by atoms with Gasteiger partial charge in [0.1, 0.15) is 44.3 Å². The number of halogens is 1. The molecule has 0 aromatic heterocycles. The predicted octanol–water partition coefficient (Wildman–Crippen LogP) is -0.126. The molecule has 0 aliphatic carbocycles. The number of ether oxygens (including phenoxy) is 3. The maximum absolute atomic E-state index is 13.6. The van der Waals surface area contributed by atoms with E-state index in [0.717, 1.165) is 37.5 Å². The summed E-state index contributed by atoms with van der Waals surface area (Å²) in [7, 11) is 1.61. The van der Waals surface area contributed by atoms with Gasteiger partial charge in [-0.2, -0.15) is 0 Å². The summed E-state index contributed by atoms with van der Waals surface area (Å²) in [5, 5.41) is 2.98. The van der Waals surface area contributed by atoms with E-state index < -0.39 is 0 Å². The van der Waals surface area contributed by atoms with Crippen LogP contribution in [0.1, 0.15) is 12.5 Å².